The first-order chi connectivity index (χ1) is 10.7. The zero-order valence-corrected chi connectivity index (χ0v) is 12.7. The molecular formula is C17H16ClFN2O. The van der Waals surface area contributed by atoms with E-state index in [4.69, 9.17) is 16.4 Å². The Morgan fingerprint density at radius 1 is 1.23 bits per heavy atom. The minimum absolute atomic E-state index is 0.0301. The van der Waals surface area contributed by atoms with E-state index >= 15 is 0 Å². The van der Waals surface area contributed by atoms with Gasteiger partial charge in [0.1, 0.15) is 11.9 Å². The molecule has 22 heavy (non-hydrogen) atoms. The van der Waals surface area contributed by atoms with Gasteiger partial charge >= 0.3 is 0 Å². The van der Waals surface area contributed by atoms with Gasteiger partial charge in [-0.3, -0.25) is 0 Å². The molecule has 0 radical (unpaired) electrons. The first-order valence-electron chi connectivity index (χ1n) is 7.14. The van der Waals surface area contributed by atoms with Crippen molar-refractivity contribution >= 4 is 17.3 Å². The van der Waals surface area contributed by atoms with Crippen LogP contribution >= 0.6 is 11.6 Å². The molecule has 0 saturated heterocycles. The smallest absolute Gasteiger partial charge is 0.145 e. The summed E-state index contributed by atoms with van der Waals surface area (Å²) in [5.41, 5.74) is 2.68. The van der Waals surface area contributed by atoms with Crippen LogP contribution in [0.25, 0.3) is 0 Å². The minimum Gasteiger partial charge on any atom is -0.390 e. The highest BCUT2D eigenvalue weighted by atomic mass is 35.5. The SMILES string of the molecule is Fc1cccc(C2=NO[C@@H](CNCc3cccc(Cl)c3)C2)c1. The molecule has 0 amide bonds. The van der Waals surface area contributed by atoms with Crippen LogP contribution in [0.1, 0.15) is 17.5 Å². The fourth-order valence-electron chi connectivity index (χ4n) is 2.40. The summed E-state index contributed by atoms with van der Waals surface area (Å²) in [5.74, 6) is -0.261. The summed E-state index contributed by atoms with van der Waals surface area (Å²) in [6, 6.07) is 14.1. The molecule has 0 unspecified atom stereocenters. The van der Waals surface area contributed by atoms with E-state index in [2.05, 4.69) is 10.5 Å². The van der Waals surface area contributed by atoms with Gasteiger partial charge in [0, 0.05) is 30.1 Å². The number of benzene rings is 2. The fourth-order valence-corrected chi connectivity index (χ4v) is 2.61. The van der Waals surface area contributed by atoms with Gasteiger partial charge in [-0.05, 0) is 29.8 Å². The van der Waals surface area contributed by atoms with Crippen LogP contribution in [0.2, 0.25) is 5.02 Å². The molecule has 5 heteroatoms. The molecule has 3 rings (SSSR count). The van der Waals surface area contributed by atoms with Crippen LogP contribution in [0.4, 0.5) is 4.39 Å². The van der Waals surface area contributed by atoms with E-state index in [0.29, 0.717) is 13.0 Å². The van der Waals surface area contributed by atoms with Crippen molar-refractivity contribution in [1.82, 2.24) is 5.32 Å². The Morgan fingerprint density at radius 3 is 2.91 bits per heavy atom. The standard InChI is InChI=1S/C17H16ClFN2O/c18-14-5-1-3-12(7-14)10-20-11-16-9-17(21-22-16)13-4-2-6-15(19)8-13/h1-8,16,20H,9-11H2/t16-/m1/s1. The van der Waals surface area contributed by atoms with E-state index in [9.17, 15) is 4.39 Å². The second kappa shape index (κ2) is 6.90. The Kier molecular flexibility index (Phi) is 4.71. The Bertz CT molecular complexity index is 690. The van der Waals surface area contributed by atoms with E-state index in [1.807, 2.05) is 30.3 Å². The zero-order valence-electron chi connectivity index (χ0n) is 11.9. The maximum atomic E-state index is 13.2. The van der Waals surface area contributed by atoms with E-state index < -0.39 is 0 Å². The number of oxime groups is 1. The van der Waals surface area contributed by atoms with Crippen molar-refractivity contribution in [3.8, 4) is 0 Å². The average Bonchev–Trinajstić information content (AvgIpc) is 2.96. The minimum atomic E-state index is -0.261. The molecular weight excluding hydrogens is 303 g/mol. The number of nitrogens with one attached hydrogen (secondary N) is 1. The van der Waals surface area contributed by atoms with Crippen molar-refractivity contribution in [3.63, 3.8) is 0 Å². The lowest BCUT2D eigenvalue weighted by atomic mass is 10.0. The molecule has 0 bridgehead atoms. The van der Waals surface area contributed by atoms with Crippen LogP contribution < -0.4 is 5.32 Å². The van der Waals surface area contributed by atoms with Crippen LogP contribution in [0, 0.1) is 5.82 Å². The van der Waals surface area contributed by atoms with Crippen molar-refractivity contribution in [2.24, 2.45) is 5.16 Å². The van der Waals surface area contributed by atoms with Crippen LogP contribution in [0.3, 0.4) is 0 Å². The molecule has 114 valence electrons. The second-order valence-corrected chi connectivity index (χ2v) is 5.68. The fraction of sp³-hybridized carbons (Fsp3) is 0.235. The van der Waals surface area contributed by atoms with Crippen LogP contribution in [0.15, 0.2) is 53.7 Å². The number of halogens is 2. The Balaban J connectivity index is 1.48. The number of rotatable bonds is 5. The summed E-state index contributed by atoms with van der Waals surface area (Å²) in [6.07, 6.45) is 0.642. The lowest BCUT2D eigenvalue weighted by Gasteiger charge is -2.10. The topological polar surface area (TPSA) is 33.6 Å². The summed E-state index contributed by atoms with van der Waals surface area (Å²) in [4.78, 5) is 5.40. The molecule has 1 aliphatic rings. The largest absolute Gasteiger partial charge is 0.390 e. The molecule has 2 aromatic carbocycles. The first-order valence-corrected chi connectivity index (χ1v) is 7.52. The van der Waals surface area contributed by atoms with Gasteiger partial charge in [0.2, 0.25) is 0 Å². The summed E-state index contributed by atoms with van der Waals surface area (Å²) in [7, 11) is 0. The molecule has 3 nitrogen and oxygen atoms in total. The molecule has 1 atom stereocenters. The summed E-state index contributed by atoms with van der Waals surface area (Å²) < 4.78 is 13.2. The second-order valence-electron chi connectivity index (χ2n) is 5.24. The molecule has 1 heterocycles. The molecule has 2 aromatic rings. The quantitative estimate of drug-likeness (QED) is 0.910. The number of hydrogen-bond donors (Lipinski definition) is 1. The highest BCUT2D eigenvalue weighted by molar-refractivity contribution is 6.30. The Labute approximate surface area is 133 Å². The Morgan fingerprint density at radius 2 is 2.09 bits per heavy atom. The van der Waals surface area contributed by atoms with Crippen LogP contribution in [-0.2, 0) is 11.4 Å². The monoisotopic (exact) mass is 318 g/mol. The highest BCUT2D eigenvalue weighted by Crippen LogP contribution is 2.17. The van der Waals surface area contributed by atoms with Crippen molar-refractivity contribution in [3.05, 3.63) is 70.5 Å². The van der Waals surface area contributed by atoms with Crippen molar-refractivity contribution < 1.29 is 9.23 Å². The maximum Gasteiger partial charge on any atom is 0.145 e. The molecule has 0 aromatic heterocycles. The van der Waals surface area contributed by atoms with Gasteiger partial charge < -0.3 is 10.2 Å². The molecule has 0 saturated carbocycles. The predicted octanol–water partition coefficient (Wildman–Crippen LogP) is 3.76. The Hall–Kier alpha value is -1.91. The van der Waals surface area contributed by atoms with Crippen LogP contribution in [-0.4, -0.2) is 18.4 Å². The van der Waals surface area contributed by atoms with Crippen molar-refractivity contribution in [2.75, 3.05) is 6.54 Å². The van der Waals surface area contributed by atoms with Gasteiger partial charge in [-0.25, -0.2) is 4.39 Å². The van der Waals surface area contributed by atoms with E-state index in [0.717, 1.165) is 28.4 Å². The van der Waals surface area contributed by atoms with E-state index in [-0.39, 0.29) is 11.9 Å². The van der Waals surface area contributed by atoms with Gasteiger partial charge in [0.15, 0.2) is 0 Å². The molecule has 0 fully saturated rings. The first kappa shape index (κ1) is 15.0. The molecule has 0 aliphatic carbocycles. The zero-order chi connectivity index (χ0) is 15.4. The summed E-state index contributed by atoms with van der Waals surface area (Å²) in [6.45, 7) is 1.39. The van der Waals surface area contributed by atoms with Crippen LogP contribution in [0.5, 0.6) is 0 Å². The van der Waals surface area contributed by atoms with Crippen molar-refractivity contribution in [1.29, 1.82) is 0 Å². The normalized spacial score (nSPS) is 17.2. The van der Waals surface area contributed by atoms with Gasteiger partial charge in [0.05, 0.1) is 5.71 Å². The molecule has 1 N–H and O–H groups in total. The van der Waals surface area contributed by atoms with Gasteiger partial charge in [-0.2, -0.15) is 0 Å². The van der Waals surface area contributed by atoms with E-state index in [1.165, 1.54) is 12.1 Å². The third-order valence-electron chi connectivity index (χ3n) is 3.48. The van der Waals surface area contributed by atoms with Gasteiger partial charge in [-0.15, -0.1) is 0 Å². The lowest BCUT2D eigenvalue weighted by Crippen LogP contribution is -2.26. The van der Waals surface area contributed by atoms with Gasteiger partial charge in [-0.1, -0.05) is 41.0 Å². The summed E-state index contributed by atoms with van der Waals surface area (Å²) in [5, 5.41) is 8.11. The average molecular weight is 319 g/mol. The van der Waals surface area contributed by atoms with Crippen molar-refractivity contribution in [2.45, 2.75) is 19.1 Å². The third kappa shape index (κ3) is 3.84. The van der Waals surface area contributed by atoms with Gasteiger partial charge in [0.25, 0.3) is 0 Å². The number of nitrogens with zero attached hydrogens (tertiary/aromatic N) is 1. The molecule has 0 spiro atoms. The number of hydrogen-bond acceptors (Lipinski definition) is 3. The predicted molar refractivity (Wildman–Crippen MR) is 85.6 cm³/mol. The molecule has 1 aliphatic heterocycles. The third-order valence-corrected chi connectivity index (χ3v) is 3.72. The lowest BCUT2D eigenvalue weighted by molar-refractivity contribution is 0.0848. The maximum absolute atomic E-state index is 13.2. The van der Waals surface area contributed by atoms with E-state index in [1.54, 1.807) is 6.07 Å². The highest BCUT2D eigenvalue weighted by Gasteiger charge is 2.21. The summed E-state index contributed by atoms with van der Waals surface area (Å²) >= 11 is 5.95.